The molecule has 0 amide bonds. The first-order chi connectivity index (χ1) is 23.0. The van der Waals surface area contributed by atoms with Crippen molar-refractivity contribution in [2.24, 2.45) is 52.3 Å². The van der Waals surface area contributed by atoms with Gasteiger partial charge in [0.05, 0.1) is 18.6 Å². The van der Waals surface area contributed by atoms with Crippen molar-refractivity contribution in [2.45, 2.75) is 84.5 Å². The van der Waals surface area contributed by atoms with Gasteiger partial charge < -0.3 is 29.2 Å². The van der Waals surface area contributed by atoms with Gasteiger partial charge in [0.25, 0.3) is 0 Å². The Labute approximate surface area is 284 Å². The molecular formula is C38H44O11. The van der Waals surface area contributed by atoms with Gasteiger partial charge in [0.15, 0.2) is 5.78 Å². The number of hydrogen-bond acceptors (Lipinski definition) is 11. The Balaban J connectivity index is 1.37. The van der Waals surface area contributed by atoms with Crippen LogP contribution in [0.15, 0.2) is 45.1 Å². The number of aliphatic hydroxyl groups excluding tert-OH is 1. The number of fused-ring (bicyclic) bond motifs is 7. The zero-order valence-electron chi connectivity index (χ0n) is 29.0. The lowest BCUT2D eigenvalue weighted by Gasteiger charge is -2.63. The number of rotatable bonds is 6. The summed E-state index contributed by atoms with van der Waals surface area (Å²) in [5, 5.41) is 24.4. The molecule has 11 heteroatoms. The maximum Gasteiger partial charge on any atom is 0.338 e. The maximum absolute atomic E-state index is 14.5. The molecule has 12 unspecified atom stereocenters. The summed E-state index contributed by atoms with van der Waals surface area (Å²) in [5.41, 5.74) is -1.10. The molecule has 0 aromatic rings. The Morgan fingerprint density at radius 1 is 0.980 bits per heavy atom. The Morgan fingerprint density at radius 3 is 2.35 bits per heavy atom. The summed E-state index contributed by atoms with van der Waals surface area (Å²) in [6, 6.07) is 0. The number of carbonyl (C=O) groups excluding carboxylic acids is 5. The van der Waals surface area contributed by atoms with Crippen molar-refractivity contribution in [3.8, 4) is 0 Å². The Hall–Kier alpha value is -3.57. The third kappa shape index (κ3) is 3.73. The van der Waals surface area contributed by atoms with Crippen LogP contribution in [0.3, 0.4) is 0 Å². The van der Waals surface area contributed by atoms with Crippen LogP contribution in [-0.4, -0.2) is 77.5 Å². The van der Waals surface area contributed by atoms with Crippen molar-refractivity contribution in [1.29, 1.82) is 0 Å². The van der Waals surface area contributed by atoms with E-state index in [0.29, 0.717) is 24.0 Å². The molecule has 49 heavy (non-hydrogen) atoms. The molecule has 262 valence electrons. The van der Waals surface area contributed by atoms with Crippen LogP contribution in [0, 0.1) is 52.3 Å². The summed E-state index contributed by atoms with van der Waals surface area (Å²) >= 11 is 0. The summed E-state index contributed by atoms with van der Waals surface area (Å²) in [6.07, 6.45) is 2.50. The molecule has 0 saturated heterocycles. The number of Topliss-reactive ketones (excluding diaryl/α,β-unsaturated/α-hetero) is 1. The molecule has 2 N–H and O–H groups in total. The number of allylic oxidation sites excluding steroid dienone is 2. The van der Waals surface area contributed by atoms with E-state index in [1.54, 1.807) is 19.9 Å². The molecule has 12 atom stereocenters. The van der Waals surface area contributed by atoms with E-state index < -0.39 is 75.6 Å². The smallest absolute Gasteiger partial charge is 0.338 e. The molecule has 1 spiro atoms. The van der Waals surface area contributed by atoms with E-state index in [1.807, 2.05) is 6.92 Å². The van der Waals surface area contributed by atoms with Gasteiger partial charge >= 0.3 is 23.9 Å². The van der Waals surface area contributed by atoms with Gasteiger partial charge in [-0.05, 0) is 86.7 Å². The van der Waals surface area contributed by atoms with Crippen LogP contribution in [-0.2, 0) is 42.9 Å². The number of carbonyl (C=O) groups is 5. The topological polar surface area (TPSA) is 163 Å². The second kappa shape index (κ2) is 10.0. The second-order valence-electron chi connectivity index (χ2n) is 16.2. The van der Waals surface area contributed by atoms with Gasteiger partial charge in [-0.2, -0.15) is 0 Å². The monoisotopic (exact) mass is 676 g/mol. The average molecular weight is 677 g/mol. The summed E-state index contributed by atoms with van der Waals surface area (Å²) in [5.74, 6) is -4.77. The van der Waals surface area contributed by atoms with Crippen molar-refractivity contribution in [2.75, 3.05) is 20.3 Å². The van der Waals surface area contributed by atoms with Crippen LogP contribution < -0.4 is 0 Å². The largest absolute Gasteiger partial charge is 0.466 e. The van der Waals surface area contributed by atoms with Gasteiger partial charge in [-0.25, -0.2) is 14.4 Å². The highest BCUT2D eigenvalue weighted by molar-refractivity contribution is 6.09. The van der Waals surface area contributed by atoms with E-state index in [2.05, 4.69) is 6.92 Å². The highest BCUT2D eigenvalue weighted by Gasteiger charge is 2.84. The molecule has 1 heterocycles. The Morgan fingerprint density at radius 2 is 1.69 bits per heavy atom. The van der Waals surface area contributed by atoms with Gasteiger partial charge in [-0.1, -0.05) is 25.5 Å². The Kier molecular flexibility index (Phi) is 6.67. The number of aliphatic hydroxyl groups is 2. The number of hydrogen-bond donors (Lipinski definition) is 2. The van der Waals surface area contributed by atoms with E-state index in [9.17, 15) is 34.2 Å². The highest BCUT2D eigenvalue weighted by Crippen LogP contribution is 2.83. The molecule has 0 radical (unpaired) electrons. The average Bonchev–Trinajstić information content (AvgIpc) is 3.98. The van der Waals surface area contributed by atoms with Gasteiger partial charge in [-0.15, -0.1) is 0 Å². The molecule has 5 fully saturated rings. The van der Waals surface area contributed by atoms with Crippen molar-refractivity contribution < 1.29 is 53.1 Å². The van der Waals surface area contributed by atoms with Crippen LogP contribution in [0.25, 0.3) is 0 Å². The van der Waals surface area contributed by atoms with E-state index in [4.69, 9.17) is 18.9 Å². The molecule has 0 aromatic carbocycles. The third-order valence-corrected chi connectivity index (χ3v) is 14.6. The predicted octanol–water partition coefficient (Wildman–Crippen LogP) is 3.08. The fraction of sp³-hybridized carbons (Fsp3) is 0.658. The summed E-state index contributed by atoms with van der Waals surface area (Å²) < 4.78 is 23.0. The SMILES string of the molecule is C/C=C(\C)C(=O)OCC1(O)C2CC2C2(C)C1CC1=C(COC(C)=O)C(=O)OC13C1C4=C(CC32)C2CC2C4(C)C(O)C(=O)/C1=C(/C)C(=O)OC. The van der Waals surface area contributed by atoms with Gasteiger partial charge in [-0.3, -0.25) is 9.59 Å². The Bertz CT molecular complexity index is 1800. The van der Waals surface area contributed by atoms with Gasteiger partial charge in [0.2, 0.25) is 0 Å². The van der Waals surface area contributed by atoms with Crippen molar-refractivity contribution in [1.82, 2.24) is 0 Å². The molecule has 0 aromatic heterocycles. The van der Waals surface area contributed by atoms with E-state index in [0.717, 1.165) is 17.6 Å². The molecule has 5 saturated carbocycles. The van der Waals surface area contributed by atoms with Crippen LogP contribution in [0.1, 0.15) is 67.2 Å². The summed E-state index contributed by atoms with van der Waals surface area (Å²) in [6.45, 7) is 9.67. The third-order valence-electron chi connectivity index (χ3n) is 14.6. The zero-order valence-corrected chi connectivity index (χ0v) is 29.0. The van der Waals surface area contributed by atoms with Crippen molar-refractivity contribution >= 4 is 29.7 Å². The lowest BCUT2D eigenvalue weighted by molar-refractivity contribution is -0.191. The van der Waals surface area contributed by atoms with Gasteiger partial charge in [0.1, 0.15) is 30.5 Å². The van der Waals surface area contributed by atoms with Crippen LogP contribution >= 0.6 is 0 Å². The first-order valence-electron chi connectivity index (χ1n) is 17.4. The number of esters is 4. The van der Waals surface area contributed by atoms with Crippen molar-refractivity contribution in [3.63, 3.8) is 0 Å². The van der Waals surface area contributed by atoms with E-state index >= 15 is 0 Å². The normalized spacial score (nSPS) is 46.1. The van der Waals surface area contributed by atoms with Gasteiger partial charge in [0, 0.05) is 40.9 Å². The first-order valence-corrected chi connectivity index (χ1v) is 17.4. The quantitative estimate of drug-likeness (QED) is 0.184. The number of methoxy groups -OCH3 is 1. The fourth-order valence-electron chi connectivity index (χ4n) is 12.1. The van der Waals surface area contributed by atoms with Crippen LogP contribution in [0.5, 0.6) is 0 Å². The molecule has 0 bridgehead atoms. The molecule has 8 rings (SSSR count). The maximum atomic E-state index is 14.5. The summed E-state index contributed by atoms with van der Waals surface area (Å²) in [4.78, 5) is 66.8. The molecular weight excluding hydrogens is 632 g/mol. The first kappa shape index (κ1) is 32.6. The minimum atomic E-state index is -1.44. The fourth-order valence-corrected chi connectivity index (χ4v) is 12.1. The zero-order chi connectivity index (χ0) is 35.3. The summed E-state index contributed by atoms with van der Waals surface area (Å²) in [7, 11) is 1.24. The second-order valence-corrected chi connectivity index (χ2v) is 16.2. The molecule has 8 aliphatic rings. The molecule has 7 aliphatic carbocycles. The number of ketones is 1. The molecule has 1 aliphatic heterocycles. The number of ether oxygens (including phenoxy) is 4. The molecule has 11 nitrogen and oxygen atoms in total. The van der Waals surface area contributed by atoms with E-state index in [-0.39, 0.29) is 60.0 Å². The van der Waals surface area contributed by atoms with Crippen LogP contribution in [0.4, 0.5) is 0 Å². The lowest BCUT2D eigenvalue weighted by atomic mass is 9.42. The highest BCUT2D eigenvalue weighted by atomic mass is 16.6. The lowest BCUT2D eigenvalue weighted by Crippen LogP contribution is -2.67. The standard InChI is InChI=1S/C38H44O11/c1-8-15(2)32(42)48-14-37(45)24-11-23(24)35(5)25(37)12-22-20(13-47-17(4)39)34(44)49-38(22)26(35)10-19-18-9-21(18)36(6)28(19)29(38)27(30(40)31(36)41)16(3)33(43)46-7/h8,18,21,23-26,29,31,41,45H,9-14H2,1-7H3/b15-8+,27-16-. The van der Waals surface area contributed by atoms with Crippen molar-refractivity contribution in [3.05, 3.63) is 45.1 Å². The van der Waals surface area contributed by atoms with Crippen LogP contribution in [0.2, 0.25) is 0 Å². The van der Waals surface area contributed by atoms with E-state index in [1.165, 1.54) is 21.0 Å². The minimum Gasteiger partial charge on any atom is -0.466 e. The minimum absolute atomic E-state index is 0.0209. The predicted molar refractivity (Wildman–Crippen MR) is 170 cm³/mol.